The highest BCUT2D eigenvalue weighted by atomic mass is 32.1. The molecule has 0 spiro atoms. The first-order chi connectivity index (χ1) is 13.3. The molecule has 0 saturated carbocycles. The van der Waals surface area contributed by atoms with E-state index in [2.05, 4.69) is 21.3 Å². The van der Waals surface area contributed by atoms with E-state index in [1.165, 1.54) is 10.9 Å². The van der Waals surface area contributed by atoms with E-state index in [0.29, 0.717) is 38.5 Å². The minimum atomic E-state index is -4.38. The lowest BCUT2D eigenvalue weighted by molar-refractivity contribution is -0.137. The van der Waals surface area contributed by atoms with Gasteiger partial charge in [0.2, 0.25) is 5.91 Å². The average molecular weight is 412 g/mol. The number of nitrogens with one attached hydrogen (secondary N) is 1. The van der Waals surface area contributed by atoms with Gasteiger partial charge in [-0.3, -0.25) is 9.69 Å². The van der Waals surface area contributed by atoms with Crippen LogP contribution in [0.1, 0.15) is 17.4 Å². The molecule has 1 atom stereocenters. The van der Waals surface area contributed by atoms with Crippen molar-refractivity contribution in [2.24, 2.45) is 0 Å². The number of rotatable bonds is 6. The number of carbonyl (C=O) groups excluding carboxylic acids is 1. The predicted molar refractivity (Wildman–Crippen MR) is 104 cm³/mol. The third-order valence-electron chi connectivity index (χ3n) is 4.89. The van der Waals surface area contributed by atoms with Crippen molar-refractivity contribution in [1.82, 2.24) is 15.2 Å². The van der Waals surface area contributed by atoms with E-state index in [0.717, 1.165) is 18.7 Å². The molecule has 28 heavy (non-hydrogen) atoms. The van der Waals surface area contributed by atoms with Gasteiger partial charge in [-0.25, -0.2) is 4.98 Å². The van der Waals surface area contributed by atoms with Gasteiger partial charge in [-0.2, -0.15) is 13.2 Å². The van der Waals surface area contributed by atoms with Crippen LogP contribution in [-0.2, 0) is 17.4 Å². The maximum atomic E-state index is 12.6. The first kappa shape index (κ1) is 20.6. The number of anilines is 1. The van der Waals surface area contributed by atoms with Crippen LogP contribution in [0.15, 0.2) is 35.8 Å². The monoisotopic (exact) mass is 412 g/mol. The first-order valence-corrected chi connectivity index (χ1v) is 10.0. The molecule has 2 aromatic heterocycles. The molecule has 1 N–H and O–H groups in total. The van der Waals surface area contributed by atoms with Crippen LogP contribution < -0.4 is 10.2 Å². The summed E-state index contributed by atoms with van der Waals surface area (Å²) in [7, 11) is 0. The second kappa shape index (κ2) is 8.91. The Kier molecular flexibility index (Phi) is 6.56. The van der Waals surface area contributed by atoms with Crippen LogP contribution in [0, 0.1) is 0 Å². The van der Waals surface area contributed by atoms with E-state index in [4.69, 9.17) is 0 Å². The number of alkyl halides is 3. The Labute approximate surface area is 166 Å². The molecule has 0 aliphatic carbocycles. The molecule has 1 aliphatic heterocycles. The summed E-state index contributed by atoms with van der Waals surface area (Å²) in [4.78, 5) is 21.6. The second-order valence-electron chi connectivity index (χ2n) is 6.72. The molecule has 1 fully saturated rings. The predicted octanol–water partition coefficient (Wildman–Crippen LogP) is 3.03. The zero-order valence-electron chi connectivity index (χ0n) is 15.6. The van der Waals surface area contributed by atoms with E-state index in [1.807, 2.05) is 23.3 Å². The molecule has 5 nitrogen and oxygen atoms in total. The van der Waals surface area contributed by atoms with Gasteiger partial charge in [-0.05, 0) is 36.9 Å². The topological polar surface area (TPSA) is 48.5 Å². The minimum absolute atomic E-state index is 0.00217. The summed E-state index contributed by atoms with van der Waals surface area (Å²) in [6, 6.07) is 6.26. The maximum absolute atomic E-state index is 12.6. The molecule has 1 aliphatic rings. The van der Waals surface area contributed by atoms with E-state index in [9.17, 15) is 18.0 Å². The molecule has 0 unspecified atom stereocenters. The molecule has 2 aromatic rings. The lowest BCUT2D eigenvalue weighted by Gasteiger charge is -2.38. The minimum Gasteiger partial charge on any atom is -0.354 e. The van der Waals surface area contributed by atoms with Crippen molar-refractivity contribution in [3.05, 3.63) is 46.3 Å². The standard InChI is InChI=1S/C19H23F3N4OS/c1-14(18(27)23-7-6-16-3-2-12-28-16)25-8-10-26(11-9-25)17-5-4-15(13-24-17)19(20,21)22/h2-5,12-14H,6-11H2,1H3,(H,23,27)/t14-/m0/s1. The Bertz CT molecular complexity index is 756. The van der Waals surface area contributed by atoms with Crippen molar-refractivity contribution in [3.63, 3.8) is 0 Å². The van der Waals surface area contributed by atoms with E-state index in [1.54, 1.807) is 11.3 Å². The number of aromatic nitrogens is 1. The van der Waals surface area contributed by atoms with Crippen molar-refractivity contribution in [1.29, 1.82) is 0 Å². The van der Waals surface area contributed by atoms with Crippen LogP contribution >= 0.6 is 11.3 Å². The summed E-state index contributed by atoms with van der Waals surface area (Å²) in [5, 5.41) is 4.99. The van der Waals surface area contributed by atoms with Crippen molar-refractivity contribution < 1.29 is 18.0 Å². The molecule has 3 rings (SSSR count). The summed E-state index contributed by atoms with van der Waals surface area (Å²) in [6.07, 6.45) is -2.69. The van der Waals surface area contributed by atoms with Crippen LogP contribution in [0.5, 0.6) is 0 Å². The Morgan fingerprint density at radius 3 is 2.57 bits per heavy atom. The summed E-state index contributed by atoms with van der Waals surface area (Å²) in [5.74, 6) is 0.526. The smallest absolute Gasteiger partial charge is 0.354 e. The highest BCUT2D eigenvalue weighted by Crippen LogP contribution is 2.29. The van der Waals surface area contributed by atoms with Crippen LogP contribution in [0.4, 0.5) is 19.0 Å². The van der Waals surface area contributed by atoms with Crippen LogP contribution in [0.25, 0.3) is 0 Å². The van der Waals surface area contributed by atoms with Crippen molar-refractivity contribution in [2.75, 3.05) is 37.6 Å². The number of amides is 1. The van der Waals surface area contributed by atoms with Gasteiger partial charge < -0.3 is 10.2 Å². The van der Waals surface area contributed by atoms with Gasteiger partial charge in [0, 0.05) is 43.8 Å². The van der Waals surface area contributed by atoms with Crippen LogP contribution in [0.2, 0.25) is 0 Å². The van der Waals surface area contributed by atoms with E-state index in [-0.39, 0.29) is 11.9 Å². The number of carbonyl (C=O) groups is 1. The van der Waals surface area contributed by atoms with Crippen LogP contribution in [-0.4, -0.2) is 54.6 Å². The van der Waals surface area contributed by atoms with Gasteiger partial charge in [-0.15, -0.1) is 11.3 Å². The van der Waals surface area contributed by atoms with Gasteiger partial charge in [0.15, 0.2) is 0 Å². The number of thiophene rings is 1. The molecule has 152 valence electrons. The summed E-state index contributed by atoms with van der Waals surface area (Å²) in [5.41, 5.74) is -0.747. The van der Waals surface area contributed by atoms with Crippen molar-refractivity contribution in [3.8, 4) is 0 Å². The lowest BCUT2D eigenvalue weighted by atomic mass is 10.2. The fraction of sp³-hybridized carbons (Fsp3) is 0.474. The van der Waals surface area contributed by atoms with E-state index >= 15 is 0 Å². The van der Waals surface area contributed by atoms with Gasteiger partial charge in [0.25, 0.3) is 0 Å². The number of halogens is 3. The Hall–Kier alpha value is -2.13. The summed E-state index contributed by atoms with van der Waals surface area (Å²) >= 11 is 1.68. The zero-order valence-corrected chi connectivity index (χ0v) is 16.4. The second-order valence-corrected chi connectivity index (χ2v) is 7.75. The molecule has 0 bridgehead atoms. The van der Waals surface area contributed by atoms with E-state index < -0.39 is 11.7 Å². The van der Waals surface area contributed by atoms with Gasteiger partial charge >= 0.3 is 6.18 Å². The third-order valence-corrected chi connectivity index (χ3v) is 5.83. The lowest BCUT2D eigenvalue weighted by Crippen LogP contribution is -2.54. The largest absolute Gasteiger partial charge is 0.417 e. The number of piperazine rings is 1. The quantitative estimate of drug-likeness (QED) is 0.793. The highest BCUT2D eigenvalue weighted by molar-refractivity contribution is 7.09. The number of hydrogen-bond donors (Lipinski definition) is 1. The molecule has 1 amide bonds. The zero-order chi connectivity index (χ0) is 20.1. The molecule has 9 heteroatoms. The number of nitrogens with zero attached hydrogens (tertiary/aromatic N) is 3. The Morgan fingerprint density at radius 1 is 1.25 bits per heavy atom. The Morgan fingerprint density at radius 2 is 2.00 bits per heavy atom. The highest BCUT2D eigenvalue weighted by Gasteiger charge is 2.31. The SMILES string of the molecule is C[C@@H](C(=O)NCCc1cccs1)N1CCN(c2ccc(C(F)(F)F)cn2)CC1. The fourth-order valence-corrected chi connectivity index (χ4v) is 3.87. The van der Waals surface area contributed by atoms with Gasteiger partial charge in [0.05, 0.1) is 11.6 Å². The molecule has 3 heterocycles. The molecule has 1 saturated heterocycles. The molecule has 0 radical (unpaired) electrons. The van der Waals surface area contributed by atoms with Gasteiger partial charge in [0.1, 0.15) is 5.82 Å². The Balaban J connectivity index is 1.45. The summed E-state index contributed by atoms with van der Waals surface area (Å²) in [6.45, 7) is 5.03. The molecular formula is C19H23F3N4OS. The molecular weight excluding hydrogens is 389 g/mol. The van der Waals surface area contributed by atoms with Crippen molar-refractivity contribution >= 4 is 23.1 Å². The van der Waals surface area contributed by atoms with Gasteiger partial charge in [-0.1, -0.05) is 6.07 Å². The summed E-state index contributed by atoms with van der Waals surface area (Å²) < 4.78 is 37.9. The maximum Gasteiger partial charge on any atom is 0.417 e. The average Bonchev–Trinajstić information content (AvgIpc) is 3.20. The third kappa shape index (κ3) is 5.23. The first-order valence-electron chi connectivity index (χ1n) is 9.17. The number of pyridine rings is 1. The molecule has 0 aromatic carbocycles. The number of hydrogen-bond acceptors (Lipinski definition) is 5. The normalized spacial score (nSPS) is 16.8. The fourth-order valence-electron chi connectivity index (χ4n) is 3.16. The van der Waals surface area contributed by atoms with Crippen LogP contribution in [0.3, 0.4) is 0 Å². The van der Waals surface area contributed by atoms with Crippen molar-refractivity contribution in [2.45, 2.75) is 25.6 Å².